The quantitative estimate of drug-likeness (QED) is 0.350. The van der Waals surface area contributed by atoms with E-state index in [0.717, 1.165) is 6.08 Å². The van der Waals surface area contributed by atoms with Gasteiger partial charge in [-0.05, 0) is 6.08 Å². The lowest BCUT2D eigenvalue weighted by atomic mass is 9.96. The molecule has 2 aliphatic rings. The predicted octanol–water partition coefficient (Wildman–Crippen LogP) is -0.650. The Hall–Kier alpha value is -1.64. The van der Waals surface area contributed by atoms with Crippen molar-refractivity contribution in [1.29, 1.82) is 0 Å². The van der Waals surface area contributed by atoms with Crippen molar-refractivity contribution in [2.45, 2.75) is 0 Å². The number of carbonyl (C=O) groups excluding carboxylic acids is 1. The van der Waals surface area contributed by atoms with Gasteiger partial charge < -0.3 is 5.11 Å². The molecule has 0 atom stereocenters. The topological polar surface area (TPSA) is 43.1 Å². The zero-order chi connectivity index (χ0) is 8.72. The van der Waals surface area contributed by atoms with Gasteiger partial charge in [-0.2, -0.15) is 0 Å². The monoisotopic (exact) mass is 161 g/mol. The number of likely N-dealkylation sites (N-methyl/N-ethyl adjacent to an activating group) is 1. The SMILES string of the molecule is C[N+]1=CC=CC1=C1C(=O)C=C1[O-]. The lowest BCUT2D eigenvalue weighted by molar-refractivity contribution is -0.431. The summed E-state index contributed by atoms with van der Waals surface area (Å²) in [6.07, 6.45) is 6.49. The molecule has 0 aromatic heterocycles. The zero-order valence-corrected chi connectivity index (χ0v) is 6.57. The van der Waals surface area contributed by atoms with Gasteiger partial charge in [0, 0.05) is 12.2 Å². The van der Waals surface area contributed by atoms with Gasteiger partial charge in [-0.3, -0.25) is 4.79 Å². The van der Waals surface area contributed by atoms with Crippen LogP contribution in [0.15, 0.2) is 35.3 Å². The maximum absolute atomic E-state index is 11.0. The van der Waals surface area contributed by atoms with E-state index in [4.69, 9.17) is 0 Å². The van der Waals surface area contributed by atoms with Crippen molar-refractivity contribution in [3.8, 4) is 0 Å². The van der Waals surface area contributed by atoms with Crippen molar-refractivity contribution in [3.05, 3.63) is 35.3 Å². The summed E-state index contributed by atoms with van der Waals surface area (Å²) in [6.45, 7) is 0. The Morgan fingerprint density at radius 1 is 1.50 bits per heavy atom. The number of hydrogen-bond acceptors (Lipinski definition) is 2. The van der Waals surface area contributed by atoms with Gasteiger partial charge in [0.05, 0.1) is 5.57 Å². The van der Waals surface area contributed by atoms with Crippen LogP contribution in [0.25, 0.3) is 0 Å². The third kappa shape index (κ3) is 0.763. The van der Waals surface area contributed by atoms with Gasteiger partial charge in [0.2, 0.25) is 5.70 Å². The van der Waals surface area contributed by atoms with Crippen molar-refractivity contribution in [1.82, 2.24) is 0 Å². The molecule has 3 heteroatoms. The molecule has 3 nitrogen and oxygen atoms in total. The minimum absolute atomic E-state index is 0.165. The van der Waals surface area contributed by atoms with Gasteiger partial charge in [0.15, 0.2) is 12.0 Å². The van der Waals surface area contributed by atoms with Gasteiger partial charge in [-0.1, -0.05) is 5.76 Å². The molecular weight excluding hydrogens is 154 g/mol. The van der Waals surface area contributed by atoms with E-state index in [0.29, 0.717) is 11.3 Å². The van der Waals surface area contributed by atoms with Crippen molar-refractivity contribution in [2.24, 2.45) is 0 Å². The van der Waals surface area contributed by atoms with E-state index in [2.05, 4.69) is 0 Å². The lowest BCUT2D eigenvalue weighted by Gasteiger charge is -2.21. The third-order valence-corrected chi connectivity index (χ3v) is 1.95. The van der Waals surface area contributed by atoms with E-state index in [-0.39, 0.29) is 11.5 Å². The first-order valence-electron chi connectivity index (χ1n) is 3.62. The van der Waals surface area contributed by atoms with Crippen LogP contribution in [0.3, 0.4) is 0 Å². The molecule has 0 aromatic carbocycles. The van der Waals surface area contributed by atoms with E-state index in [1.165, 1.54) is 0 Å². The van der Waals surface area contributed by atoms with Crippen LogP contribution in [0, 0.1) is 0 Å². The predicted molar refractivity (Wildman–Crippen MR) is 41.5 cm³/mol. The highest BCUT2D eigenvalue weighted by atomic mass is 16.3. The lowest BCUT2D eigenvalue weighted by Crippen LogP contribution is -2.26. The average Bonchev–Trinajstić information content (AvgIpc) is 2.37. The maximum atomic E-state index is 11.0. The fraction of sp³-hybridized carbons (Fsp3) is 0.111. The number of allylic oxidation sites excluding steroid dienone is 4. The molecule has 0 radical (unpaired) electrons. The van der Waals surface area contributed by atoms with E-state index in [1.54, 1.807) is 30.0 Å². The molecule has 0 spiro atoms. The van der Waals surface area contributed by atoms with E-state index < -0.39 is 0 Å². The summed E-state index contributed by atoms with van der Waals surface area (Å²) < 4.78 is 1.76. The molecule has 0 N–H and O–H groups in total. The number of ketones is 1. The molecule has 0 bridgehead atoms. The summed E-state index contributed by atoms with van der Waals surface area (Å²) in [6, 6.07) is 0. The highest BCUT2D eigenvalue weighted by Crippen LogP contribution is 2.23. The Kier molecular flexibility index (Phi) is 1.27. The highest BCUT2D eigenvalue weighted by molar-refractivity contribution is 6.15. The normalized spacial score (nSPS) is 26.9. The van der Waals surface area contributed by atoms with Crippen LogP contribution in [-0.2, 0) is 4.79 Å². The molecule has 1 heterocycles. The standard InChI is InChI=1S/C9H7NO2/c1-10-4-2-3-6(10)9-7(11)5-8(9)12/h2-5H,1H3. The Labute approximate surface area is 69.6 Å². The summed E-state index contributed by atoms with van der Waals surface area (Å²) in [7, 11) is 1.81. The zero-order valence-electron chi connectivity index (χ0n) is 6.57. The molecule has 60 valence electrons. The number of nitrogens with zero attached hydrogens (tertiary/aromatic N) is 1. The first-order valence-corrected chi connectivity index (χ1v) is 3.62. The van der Waals surface area contributed by atoms with E-state index in [9.17, 15) is 9.90 Å². The van der Waals surface area contributed by atoms with Crippen LogP contribution in [0.5, 0.6) is 0 Å². The smallest absolute Gasteiger partial charge is 0.215 e. The number of rotatable bonds is 0. The molecule has 0 unspecified atom stereocenters. The van der Waals surface area contributed by atoms with Crippen molar-refractivity contribution in [2.75, 3.05) is 7.05 Å². The third-order valence-electron chi connectivity index (χ3n) is 1.95. The van der Waals surface area contributed by atoms with E-state index >= 15 is 0 Å². The molecule has 0 amide bonds. The second-order valence-electron chi connectivity index (χ2n) is 2.75. The molecule has 0 aromatic rings. The van der Waals surface area contributed by atoms with Crippen LogP contribution in [0.1, 0.15) is 0 Å². The Bertz CT molecular complexity index is 367. The molecule has 1 aliphatic heterocycles. The molecule has 2 rings (SSSR count). The second kappa shape index (κ2) is 2.17. The van der Waals surface area contributed by atoms with Crippen LogP contribution in [0.2, 0.25) is 0 Å². The first-order chi connectivity index (χ1) is 5.70. The van der Waals surface area contributed by atoms with Crippen molar-refractivity contribution >= 4 is 12.0 Å². The van der Waals surface area contributed by atoms with Gasteiger partial charge in [-0.15, -0.1) is 0 Å². The minimum Gasteiger partial charge on any atom is -0.872 e. The summed E-state index contributed by atoms with van der Waals surface area (Å²) in [4.78, 5) is 11.0. The van der Waals surface area contributed by atoms with Gasteiger partial charge >= 0.3 is 0 Å². The Morgan fingerprint density at radius 2 is 2.25 bits per heavy atom. The Balaban J connectivity index is 2.54. The van der Waals surface area contributed by atoms with Gasteiger partial charge in [-0.25, -0.2) is 4.58 Å². The summed E-state index contributed by atoms with van der Waals surface area (Å²) in [5, 5.41) is 11.0. The molecule has 0 saturated heterocycles. The summed E-state index contributed by atoms with van der Waals surface area (Å²) in [5.41, 5.74) is 1.01. The van der Waals surface area contributed by atoms with E-state index in [1.807, 2.05) is 0 Å². The highest BCUT2D eigenvalue weighted by Gasteiger charge is 2.26. The summed E-state index contributed by atoms with van der Waals surface area (Å²) in [5.74, 6) is -0.330. The second-order valence-corrected chi connectivity index (χ2v) is 2.75. The van der Waals surface area contributed by atoms with Gasteiger partial charge in [0.1, 0.15) is 7.05 Å². The molecule has 0 fully saturated rings. The maximum Gasteiger partial charge on any atom is 0.215 e. The number of carbonyl (C=O) groups is 1. The number of hydrogen-bond donors (Lipinski definition) is 0. The fourth-order valence-corrected chi connectivity index (χ4v) is 1.28. The van der Waals surface area contributed by atoms with Crippen LogP contribution >= 0.6 is 0 Å². The van der Waals surface area contributed by atoms with Gasteiger partial charge in [0.25, 0.3) is 0 Å². The fourth-order valence-electron chi connectivity index (χ4n) is 1.28. The largest absolute Gasteiger partial charge is 0.872 e. The molecule has 1 aliphatic carbocycles. The van der Waals surface area contributed by atoms with Crippen molar-refractivity contribution < 1.29 is 14.5 Å². The molecular formula is C9H7NO2. The average molecular weight is 161 g/mol. The van der Waals surface area contributed by atoms with Crippen LogP contribution < -0.4 is 5.11 Å². The van der Waals surface area contributed by atoms with Crippen molar-refractivity contribution in [3.63, 3.8) is 0 Å². The Morgan fingerprint density at radius 3 is 2.67 bits per heavy atom. The molecule has 12 heavy (non-hydrogen) atoms. The van der Waals surface area contributed by atoms with Crippen LogP contribution in [0.4, 0.5) is 0 Å². The minimum atomic E-state index is -0.165. The first kappa shape index (κ1) is 7.03. The van der Waals surface area contributed by atoms with Crippen LogP contribution in [-0.4, -0.2) is 23.6 Å². The summed E-state index contributed by atoms with van der Waals surface area (Å²) >= 11 is 0. The molecule has 0 saturated carbocycles.